The van der Waals surface area contributed by atoms with Gasteiger partial charge in [-0.1, -0.05) is 23.7 Å². The maximum atomic E-state index is 12.8. The number of hydrogen-bond acceptors (Lipinski definition) is 5. The highest BCUT2D eigenvalue weighted by Crippen LogP contribution is 2.29. The Morgan fingerprint density at radius 1 is 1.29 bits per heavy atom. The van der Waals surface area contributed by atoms with Gasteiger partial charge in [-0.2, -0.15) is 13.2 Å². The van der Waals surface area contributed by atoms with Crippen LogP contribution in [0.1, 0.15) is 23.7 Å². The molecule has 3 rings (SSSR count). The van der Waals surface area contributed by atoms with Crippen LogP contribution in [-0.4, -0.2) is 39.3 Å². The van der Waals surface area contributed by atoms with E-state index in [1.165, 1.54) is 40.5 Å². The highest BCUT2D eigenvalue weighted by molar-refractivity contribution is 7.15. The molecule has 0 aliphatic heterocycles. The van der Waals surface area contributed by atoms with Crippen molar-refractivity contribution in [1.29, 1.82) is 0 Å². The fourth-order valence-corrected chi connectivity index (χ4v) is 3.78. The lowest BCUT2D eigenvalue weighted by Gasteiger charge is -2.20. The number of alkyl halides is 3. The van der Waals surface area contributed by atoms with Gasteiger partial charge in [-0.15, -0.1) is 11.3 Å². The zero-order chi connectivity index (χ0) is 22.6. The van der Waals surface area contributed by atoms with Gasteiger partial charge in [-0.25, -0.2) is 4.98 Å². The van der Waals surface area contributed by atoms with Crippen LogP contribution in [-0.2, 0) is 27.0 Å². The molecule has 0 N–H and O–H groups in total. The number of amides is 1. The number of carbonyl (C=O) groups is 2. The molecule has 0 saturated heterocycles. The number of benzene rings is 1. The Hall–Kier alpha value is -2.85. The maximum Gasteiger partial charge on any atom is 0.416 e. The van der Waals surface area contributed by atoms with E-state index >= 15 is 0 Å². The van der Waals surface area contributed by atoms with Crippen molar-refractivity contribution in [2.75, 3.05) is 13.2 Å². The number of thiazole rings is 1. The van der Waals surface area contributed by atoms with Gasteiger partial charge in [0.1, 0.15) is 6.54 Å². The summed E-state index contributed by atoms with van der Waals surface area (Å²) in [5.74, 6) is -1.16. The van der Waals surface area contributed by atoms with Gasteiger partial charge in [0.15, 0.2) is 10.1 Å². The van der Waals surface area contributed by atoms with Crippen LogP contribution in [0.4, 0.5) is 13.2 Å². The summed E-state index contributed by atoms with van der Waals surface area (Å²) < 4.78 is 44.9. The average Bonchev–Trinajstić information content (AvgIpc) is 3.26. The van der Waals surface area contributed by atoms with Crippen LogP contribution in [0.15, 0.2) is 41.9 Å². The third kappa shape index (κ3) is 5.65. The molecule has 2 aromatic heterocycles. The minimum Gasteiger partial charge on any atom is -0.465 e. The molecule has 1 amide bonds. The van der Waals surface area contributed by atoms with E-state index in [4.69, 9.17) is 16.3 Å². The maximum absolute atomic E-state index is 12.8. The zero-order valence-electron chi connectivity index (χ0n) is 16.2. The molecule has 0 aliphatic carbocycles. The molecule has 2 heterocycles. The highest BCUT2D eigenvalue weighted by Gasteiger charge is 2.30. The molecule has 0 atom stereocenters. The van der Waals surface area contributed by atoms with E-state index in [1.807, 2.05) is 5.38 Å². The van der Waals surface area contributed by atoms with Crippen molar-refractivity contribution < 1.29 is 27.5 Å². The highest BCUT2D eigenvalue weighted by atomic mass is 35.5. The third-order valence-electron chi connectivity index (χ3n) is 4.23. The summed E-state index contributed by atoms with van der Waals surface area (Å²) in [6.45, 7) is 1.34. The lowest BCUT2D eigenvalue weighted by Crippen LogP contribution is -2.35. The summed E-state index contributed by atoms with van der Waals surface area (Å²) in [6.07, 6.45) is -0.000570. The Balaban J connectivity index is 1.80. The minimum absolute atomic E-state index is 0.0753. The number of fused-ring (bicyclic) bond motifs is 1. The van der Waals surface area contributed by atoms with E-state index in [2.05, 4.69) is 4.98 Å². The SMILES string of the molecule is CCOC(=O)CN(Cc1ccc(C(F)(F)F)cc1)C(=O)/C=C/c1c(Cl)nc2sccn12. The van der Waals surface area contributed by atoms with E-state index in [0.29, 0.717) is 16.2 Å². The van der Waals surface area contributed by atoms with Gasteiger partial charge in [0.25, 0.3) is 0 Å². The molecule has 0 radical (unpaired) electrons. The first-order valence-electron chi connectivity index (χ1n) is 9.09. The first kappa shape index (κ1) is 22.8. The molecule has 0 aliphatic rings. The van der Waals surface area contributed by atoms with Crippen LogP contribution in [0.5, 0.6) is 0 Å². The summed E-state index contributed by atoms with van der Waals surface area (Å²) in [6, 6.07) is 4.39. The summed E-state index contributed by atoms with van der Waals surface area (Å²) in [5.41, 5.74) is 0.133. The fourth-order valence-electron chi connectivity index (χ4n) is 2.78. The number of imidazole rings is 1. The number of hydrogen-bond donors (Lipinski definition) is 0. The number of halogens is 4. The van der Waals surface area contributed by atoms with Crippen LogP contribution >= 0.6 is 22.9 Å². The molecular formula is C20H17ClF3N3O3S. The van der Waals surface area contributed by atoms with Crippen molar-refractivity contribution in [3.8, 4) is 0 Å². The third-order valence-corrected chi connectivity index (χ3v) is 5.26. The quantitative estimate of drug-likeness (QED) is 0.371. The van der Waals surface area contributed by atoms with Crippen molar-refractivity contribution in [3.63, 3.8) is 0 Å². The lowest BCUT2D eigenvalue weighted by molar-refractivity contribution is -0.148. The Bertz CT molecular complexity index is 1110. The van der Waals surface area contributed by atoms with Gasteiger partial charge in [-0.3, -0.25) is 14.0 Å². The summed E-state index contributed by atoms with van der Waals surface area (Å²) in [7, 11) is 0. The van der Waals surface area contributed by atoms with Crippen LogP contribution in [0.2, 0.25) is 5.15 Å². The number of rotatable bonds is 7. The van der Waals surface area contributed by atoms with Crippen molar-refractivity contribution in [1.82, 2.24) is 14.3 Å². The molecule has 11 heteroatoms. The van der Waals surface area contributed by atoms with Gasteiger partial charge in [0.2, 0.25) is 5.91 Å². The van der Waals surface area contributed by atoms with Crippen molar-refractivity contribution in [3.05, 3.63) is 63.9 Å². The number of aromatic nitrogens is 2. The van der Waals surface area contributed by atoms with Gasteiger partial charge < -0.3 is 9.64 Å². The number of carbonyl (C=O) groups excluding carboxylic acids is 2. The first-order valence-corrected chi connectivity index (χ1v) is 10.3. The van der Waals surface area contributed by atoms with Crippen LogP contribution in [0, 0.1) is 0 Å². The van der Waals surface area contributed by atoms with Crippen molar-refractivity contribution >= 4 is 45.9 Å². The minimum atomic E-state index is -4.46. The topological polar surface area (TPSA) is 63.9 Å². The van der Waals surface area contributed by atoms with Crippen molar-refractivity contribution in [2.24, 2.45) is 0 Å². The average molecular weight is 472 g/mol. The summed E-state index contributed by atoms with van der Waals surface area (Å²) in [4.78, 5) is 30.7. The second-order valence-corrected chi connectivity index (χ2v) is 7.60. The number of esters is 1. The summed E-state index contributed by atoms with van der Waals surface area (Å²) >= 11 is 7.49. The smallest absolute Gasteiger partial charge is 0.416 e. The van der Waals surface area contributed by atoms with Crippen LogP contribution < -0.4 is 0 Å². The molecule has 0 fully saturated rings. The predicted molar refractivity (Wildman–Crippen MR) is 111 cm³/mol. The second kappa shape index (κ2) is 9.52. The molecule has 3 aromatic rings. The molecule has 0 bridgehead atoms. The molecule has 164 valence electrons. The zero-order valence-corrected chi connectivity index (χ0v) is 17.8. The first-order chi connectivity index (χ1) is 14.7. The Morgan fingerprint density at radius 3 is 2.65 bits per heavy atom. The van der Waals surface area contributed by atoms with E-state index in [9.17, 15) is 22.8 Å². The summed E-state index contributed by atoms with van der Waals surface area (Å²) in [5, 5.41) is 2.03. The molecule has 0 spiro atoms. The van der Waals surface area contributed by atoms with E-state index in [1.54, 1.807) is 17.5 Å². The van der Waals surface area contributed by atoms with E-state index in [0.717, 1.165) is 12.1 Å². The van der Waals surface area contributed by atoms with E-state index in [-0.39, 0.29) is 24.8 Å². The van der Waals surface area contributed by atoms with Crippen LogP contribution in [0.25, 0.3) is 11.0 Å². The Morgan fingerprint density at radius 2 is 2.00 bits per heavy atom. The standard InChI is InChI=1S/C20H17ClF3N3O3S/c1-2-30-17(29)12-26(11-13-3-5-14(6-4-13)20(22,23)24)16(28)8-7-15-18(21)25-19-27(15)9-10-31-19/h3-10H,2,11-12H2,1H3/b8-7+. The van der Waals surface area contributed by atoms with Gasteiger partial charge >= 0.3 is 12.1 Å². The fraction of sp³-hybridized carbons (Fsp3) is 0.250. The van der Waals surface area contributed by atoms with Crippen LogP contribution in [0.3, 0.4) is 0 Å². The van der Waals surface area contributed by atoms with Crippen molar-refractivity contribution in [2.45, 2.75) is 19.6 Å². The molecular weight excluding hydrogens is 455 g/mol. The second-order valence-electron chi connectivity index (χ2n) is 6.37. The Labute approximate surface area is 184 Å². The van der Waals surface area contributed by atoms with E-state index < -0.39 is 23.6 Å². The van der Waals surface area contributed by atoms with Gasteiger partial charge in [-0.05, 0) is 30.7 Å². The normalized spacial score (nSPS) is 11.9. The van der Waals surface area contributed by atoms with Gasteiger partial charge in [0, 0.05) is 24.2 Å². The largest absolute Gasteiger partial charge is 0.465 e. The molecule has 1 aromatic carbocycles. The molecule has 6 nitrogen and oxygen atoms in total. The molecule has 0 unspecified atom stereocenters. The Kier molecular flexibility index (Phi) is 7.01. The molecule has 0 saturated carbocycles. The number of nitrogens with zero attached hydrogens (tertiary/aromatic N) is 3. The molecule has 31 heavy (non-hydrogen) atoms. The lowest BCUT2D eigenvalue weighted by atomic mass is 10.1. The number of ether oxygens (including phenoxy) is 1. The monoisotopic (exact) mass is 471 g/mol. The van der Waals surface area contributed by atoms with Gasteiger partial charge in [0.05, 0.1) is 17.9 Å². The predicted octanol–water partition coefficient (Wildman–Crippen LogP) is 4.67.